The Hall–Kier alpha value is -2.36. The Balaban J connectivity index is 2.02. The maximum absolute atomic E-state index is 11.5. The summed E-state index contributed by atoms with van der Waals surface area (Å²) in [5, 5.41) is 2.79. The van der Waals surface area contributed by atoms with Crippen LogP contribution in [0.2, 0.25) is 0 Å². The number of amides is 1. The lowest BCUT2D eigenvalue weighted by Crippen LogP contribution is -2.23. The van der Waals surface area contributed by atoms with Crippen LogP contribution >= 0.6 is 0 Å². The minimum absolute atomic E-state index is 0.139. The SMILES string of the molecule is C=C(C)C(=O)NCc1cn(C)c(Cc2ccccc2)n1. The Labute approximate surface area is 119 Å². The van der Waals surface area contributed by atoms with Crippen LogP contribution in [0.5, 0.6) is 0 Å². The third-order valence-corrected chi connectivity index (χ3v) is 3.05. The molecular weight excluding hydrogens is 250 g/mol. The van der Waals surface area contributed by atoms with E-state index in [9.17, 15) is 4.79 Å². The topological polar surface area (TPSA) is 46.9 Å². The van der Waals surface area contributed by atoms with Crippen LogP contribution in [0.15, 0.2) is 48.7 Å². The number of aromatic nitrogens is 2. The lowest BCUT2D eigenvalue weighted by atomic mass is 10.1. The predicted octanol–water partition coefficient (Wildman–Crippen LogP) is 2.20. The zero-order chi connectivity index (χ0) is 14.5. The number of rotatable bonds is 5. The van der Waals surface area contributed by atoms with Gasteiger partial charge in [-0.3, -0.25) is 4.79 Å². The minimum Gasteiger partial charge on any atom is -0.347 e. The smallest absolute Gasteiger partial charge is 0.246 e. The molecule has 104 valence electrons. The number of aryl methyl sites for hydroxylation is 1. The van der Waals surface area contributed by atoms with Gasteiger partial charge in [-0.1, -0.05) is 36.9 Å². The van der Waals surface area contributed by atoms with Crippen LogP contribution in [-0.2, 0) is 24.8 Å². The predicted molar refractivity (Wildman–Crippen MR) is 79.1 cm³/mol. The van der Waals surface area contributed by atoms with E-state index in [1.807, 2.05) is 36.0 Å². The molecule has 0 fully saturated rings. The molecule has 1 aromatic carbocycles. The minimum atomic E-state index is -0.139. The van der Waals surface area contributed by atoms with E-state index < -0.39 is 0 Å². The van der Waals surface area contributed by atoms with Crippen LogP contribution in [0, 0.1) is 0 Å². The van der Waals surface area contributed by atoms with Crippen LogP contribution < -0.4 is 5.32 Å². The molecule has 1 amide bonds. The molecule has 1 heterocycles. The van der Waals surface area contributed by atoms with Crippen LogP contribution in [0.1, 0.15) is 24.0 Å². The fourth-order valence-corrected chi connectivity index (χ4v) is 1.92. The maximum Gasteiger partial charge on any atom is 0.246 e. The van der Waals surface area contributed by atoms with Crippen LogP contribution in [0.25, 0.3) is 0 Å². The highest BCUT2D eigenvalue weighted by Gasteiger charge is 2.08. The second-order valence-electron chi connectivity index (χ2n) is 4.88. The normalized spacial score (nSPS) is 10.3. The third kappa shape index (κ3) is 3.57. The van der Waals surface area contributed by atoms with Crippen molar-refractivity contribution >= 4 is 5.91 Å². The van der Waals surface area contributed by atoms with Gasteiger partial charge in [0.25, 0.3) is 0 Å². The van der Waals surface area contributed by atoms with Crippen molar-refractivity contribution in [3.63, 3.8) is 0 Å². The molecule has 20 heavy (non-hydrogen) atoms. The molecule has 1 aromatic heterocycles. The summed E-state index contributed by atoms with van der Waals surface area (Å²) in [7, 11) is 1.97. The van der Waals surface area contributed by atoms with Gasteiger partial charge >= 0.3 is 0 Å². The molecule has 0 saturated carbocycles. The number of carbonyl (C=O) groups is 1. The van der Waals surface area contributed by atoms with Gasteiger partial charge in [-0.25, -0.2) is 4.98 Å². The van der Waals surface area contributed by atoms with E-state index >= 15 is 0 Å². The average Bonchev–Trinajstić information content (AvgIpc) is 2.77. The highest BCUT2D eigenvalue weighted by Crippen LogP contribution is 2.09. The molecule has 2 rings (SSSR count). The highest BCUT2D eigenvalue weighted by atomic mass is 16.1. The summed E-state index contributed by atoms with van der Waals surface area (Å²) >= 11 is 0. The first kappa shape index (κ1) is 14.1. The highest BCUT2D eigenvalue weighted by molar-refractivity contribution is 5.91. The van der Waals surface area contributed by atoms with Crippen molar-refractivity contribution in [3.05, 3.63) is 65.8 Å². The third-order valence-electron chi connectivity index (χ3n) is 3.05. The van der Waals surface area contributed by atoms with Gasteiger partial charge in [0.1, 0.15) is 5.82 Å². The van der Waals surface area contributed by atoms with Crippen LogP contribution in [-0.4, -0.2) is 15.5 Å². The van der Waals surface area contributed by atoms with Gasteiger partial charge in [-0.15, -0.1) is 0 Å². The number of imidazole rings is 1. The zero-order valence-corrected chi connectivity index (χ0v) is 11.9. The molecule has 0 unspecified atom stereocenters. The Morgan fingerprint density at radius 2 is 2.05 bits per heavy atom. The van der Waals surface area contributed by atoms with Crippen molar-refractivity contribution in [1.29, 1.82) is 0 Å². The molecule has 4 heteroatoms. The van der Waals surface area contributed by atoms with Gasteiger partial charge in [0.15, 0.2) is 0 Å². The standard InChI is InChI=1S/C16H19N3O/c1-12(2)16(20)17-10-14-11-19(3)15(18-14)9-13-7-5-4-6-8-13/h4-8,11H,1,9-10H2,2-3H3,(H,17,20). The van der Waals surface area contributed by atoms with Crippen molar-refractivity contribution in [2.24, 2.45) is 7.05 Å². The Bertz CT molecular complexity index is 614. The van der Waals surface area contributed by atoms with E-state index in [0.29, 0.717) is 12.1 Å². The summed E-state index contributed by atoms with van der Waals surface area (Å²) in [6.07, 6.45) is 2.72. The summed E-state index contributed by atoms with van der Waals surface area (Å²) in [4.78, 5) is 16.0. The molecular formula is C16H19N3O. The van der Waals surface area contributed by atoms with Crippen molar-refractivity contribution < 1.29 is 4.79 Å². The molecule has 4 nitrogen and oxygen atoms in total. The van der Waals surface area contributed by atoms with Crippen molar-refractivity contribution in [3.8, 4) is 0 Å². The van der Waals surface area contributed by atoms with E-state index in [0.717, 1.165) is 17.9 Å². The largest absolute Gasteiger partial charge is 0.347 e. The number of benzene rings is 1. The van der Waals surface area contributed by atoms with Gasteiger partial charge in [0.2, 0.25) is 5.91 Å². The van der Waals surface area contributed by atoms with E-state index in [1.165, 1.54) is 5.56 Å². The molecule has 0 aliphatic heterocycles. The quantitative estimate of drug-likeness (QED) is 0.846. The molecule has 0 bridgehead atoms. The summed E-state index contributed by atoms with van der Waals surface area (Å²) in [5.41, 5.74) is 2.58. The number of nitrogens with zero attached hydrogens (tertiary/aromatic N) is 2. The average molecular weight is 269 g/mol. The molecule has 1 N–H and O–H groups in total. The zero-order valence-electron chi connectivity index (χ0n) is 11.9. The Morgan fingerprint density at radius 3 is 2.70 bits per heavy atom. The summed E-state index contributed by atoms with van der Waals surface area (Å²) in [6, 6.07) is 10.2. The summed E-state index contributed by atoms with van der Waals surface area (Å²) in [6.45, 7) is 5.72. The molecule has 0 saturated heterocycles. The first-order valence-electron chi connectivity index (χ1n) is 6.55. The van der Waals surface area contributed by atoms with E-state index in [4.69, 9.17) is 0 Å². The number of carbonyl (C=O) groups excluding carboxylic acids is 1. The van der Waals surface area contributed by atoms with E-state index in [1.54, 1.807) is 6.92 Å². The van der Waals surface area contributed by atoms with E-state index in [-0.39, 0.29) is 5.91 Å². The molecule has 0 atom stereocenters. The first-order chi connectivity index (χ1) is 9.56. The van der Waals surface area contributed by atoms with Crippen molar-refractivity contribution in [2.75, 3.05) is 0 Å². The number of hydrogen-bond donors (Lipinski definition) is 1. The van der Waals surface area contributed by atoms with Gasteiger partial charge in [0, 0.05) is 25.2 Å². The second kappa shape index (κ2) is 6.19. The lowest BCUT2D eigenvalue weighted by Gasteiger charge is -2.01. The summed E-state index contributed by atoms with van der Waals surface area (Å²) < 4.78 is 2.00. The van der Waals surface area contributed by atoms with Gasteiger partial charge in [0.05, 0.1) is 12.2 Å². The van der Waals surface area contributed by atoms with Crippen molar-refractivity contribution in [1.82, 2.24) is 14.9 Å². The summed E-state index contributed by atoms with van der Waals surface area (Å²) in [5.74, 6) is 0.844. The molecule has 0 spiro atoms. The molecule has 0 aliphatic carbocycles. The molecule has 2 aromatic rings. The van der Waals surface area contributed by atoms with E-state index in [2.05, 4.69) is 29.0 Å². The Kier molecular flexibility index (Phi) is 4.35. The number of nitrogens with one attached hydrogen (secondary N) is 1. The van der Waals surface area contributed by atoms with Crippen LogP contribution in [0.4, 0.5) is 0 Å². The molecule has 0 aliphatic rings. The fourth-order valence-electron chi connectivity index (χ4n) is 1.92. The fraction of sp³-hybridized carbons (Fsp3) is 0.250. The first-order valence-corrected chi connectivity index (χ1v) is 6.55. The second-order valence-corrected chi connectivity index (χ2v) is 4.88. The van der Waals surface area contributed by atoms with Gasteiger partial charge in [-0.2, -0.15) is 0 Å². The number of hydrogen-bond acceptors (Lipinski definition) is 2. The Morgan fingerprint density at radius 1 is 1.35 bits per heavy atom. The lowest BCUT2D eigenvalue weighted by molar-refractivity contribution is -0.117. The van der Waals surface area contributed by atoms with Gasteiger partial charge < -0.3 is 9.88 Å². The maximum atomic E-state index is 11.5. The van der Waals surface area contributed by atoms with Crippen molar-refractivity contribution in [2.45, 2.75) is 19.9 Å². The van der Waals surface area contributed by atoms with Crippen LogP contribution in [0.3, 0.4) is 0 Å². The molecule has 0 radical (unpaired) electrons. The van der Waals surface area contributed by atoms with Gasteiger partial charge in [-0.05, 0) is 12.5 Å². The monoisotopic (exact) mass is 269 g/mol.